The quantitative estimate of drug-likeness (QED) is 0.372. The van der Waals surface area contributed by atoms with Gasteiger partial charge in [0.15, 0.2) is 5.60 Å². The van der Waals surface area contributed by atoms with Gasteiger partial charge in [0.1, 0.15) is 5.75 Å². The van der Waals surface area contributed by atoms with Gasteiger partial charge in [-0.1, -0.05) is 18.2 Å². The number of anilines is 2. The number of esters is 1. The van der Waals surface area contributed by atoms with Crippen LogP contribution in [0.5, 0.6) is 5.75 Å². The van der Waals surface area contributed by atoms with Crippen LogP contribution < -0.4 is 14.5 Å². The second kappa shape index (κ2) is 9.65. The van der Waals surface area contributed by atoms with Gasteiger partial charge in [0, 0.05) is 61.3 Å². The normalized spacial score (nSPS) is 16.6. The molecular formula is C30H36N2O3. The maximum absolute atomic E-state index is 13.3. The number of fused-ring (bicyclic) bond motifs is 1. The van der Waals surface area contributed by atoms with Gasteiger partial charge >= 0.3 is 5.97 Å². The van der Waals surface area contributed by atoms with E-state index in [1.165, 1.54) is 0 Å². The van der Waals surface area contributed by atoms with E-state index in [1.807, 2.05) is 33.2 Å². The minimum absolute atomic E-state index is 0.310. The van der Waals surface area contributed by atoms with Crippen molar-refractivity contribution in [1.29, 1.82) is 0 Å². The van der Waals surface area contributed by atoms with E-state index < -0.39 is 5.60 Å². The first-order valence-electron chi connectivity index (χ1n) is 12.4. The molecule has 1 heterocycles. The van der Waals surface area contributed by atoms with Gasteiger partial charge < -0.3 is 19.3 Å². The van der Waals surface area contributed by atoms with Crippen LogP contribution in [-0.4, -0.2) is 39.8 Å². The van der Waals surface area contributed by atoms with E-state index in [2.05, 4.69) is 80.0 Å². The van der Waals surface area contributed by atoms with Crippen molar-refractivity contribution in [3.05, 3.63) is 88.0 Å². The predicted molar refractivity (Wildman–Crippen MR) is 143 cm³/mol. The van der Waals surface area contributed by atoms with Crippen LogP contribution in [0.4, 0.5) is 11.4 Å². The summed E-state index contributed by atoms with van der Waals surface area (Å²) < 4.78 is 12.7. The van der Waals surface area contributed by atoms with Gasteiger partial charge in [-0.05, 0) is 76.1 Å². The van der Waals surface area contributed by atoms with Crippen LogP contribution in [0, 0.1) is 13.8 Å². The topological polar surface area (TPSA) is 42.0 Å². The molecule has 35 heavy (non-hydrogen) atoms. The van der Waals surface area contributed by atoms with Gasteiger partial charge in [0.25, 0.3) is 0 Å². The number of rotatable bonds is 8. The minimum Gasteiger partial charge on any atom is -0.493 e. The number of hydrogen-bond donors (Lipinski definition) is 0. The fraction of sp³-hybridized carbons (Fsp3) is 0.367. The molecule has 5 heteroatoms. The second-order valence-corrected chi connectivity index (χ2v) is 9.23. The highest BCUT2D eigenvalue weighted by Crippen LogP contribution is 2.52. The lowest BCUT2D eigenvalue weighted by molar-refractivity contribution is 0.0243. The van der Waals surface area contributed by atoms with Gasteiger partial charge in [-0.15, -0.1) is 0 Å². The van der Waals surface area contributed by atoms with Crippen molar-refractivity contribution in [2.24, 2.45) is 0 Å². The molecule has 1 aliphatic heterocycles. The van der Waals surface area contributed by atoms with E-state index in [0.29, 0.717) is 12.2 Å². The van der Waals surface area contributed by atoms with Crippen LogP contribution in [0.25, 0.3) is 0 Å². The molecular weight excluding hydrogens is 436 g/mol. The second-order valence-electron chi connectivity index (χ2n) is 9.23. The largest absolute Gasteiger partial charge is 0.493 e. The molecule has 5 nitrogen and oxygen atoms in total. The molecule has 0 aliphatic carbocycles. The number of carbonyl (C=O) groups excluding carboxylic acids is 1. The molecule has 0 fully saturated rings. The fourth-order valence-corrected chi connectivity index (χ4v) is 5.09. The predicted octanol–water partition coefficient (Wildman–Crippen LogP) is 6.08. The molecule has 1 aliphatic rings. The summed E-state index contributed by atoms with van der Waals surface area (Å²) in [5.41, 5.74) is 6.50. The summed E-state index contributed by atoms with van der Waals surface area (Å²) in [5, 5.41) is 0. The van der Waals surface area contributed by atoms with E-state index in [-0.39, 0.29) is 5.97 Å². The van der Waals surface area contributed by atoms with E-state index in [0.717, 1.165) is 58.0 Å². The van der Waals surface area contributed by atoms with Crippen molar-refractivity contribution < 1.29 is 14.3 Å². The molecule has 4 rings (SSSR count). The molecule has 1 atom stereocenters. The van der Waals surface area contributed by atoms with Crippen LogP contribution in [-0.2, 0) is 10.3 Å². The van der Waals surface area contributed by atoms with Crippen LogP contribution in [0.1, 0.15) is 58.9 Å². The van der Waals surface area contributed by atoms with E-state index in [9.17, 15) is 4.79 Å². The molecule has 0 spiro atoms. The summed E-state index contributed by atoms with van der Waals surface area (Å²) in [6, 6.07) is 18.4. The lowest BCUT2D eigenvalue weighted by Crippen LogP contribution is -2.31. The van der Waals surface area contributed by atoms with Gasteiger partial charge in [-0.3, -0.25) is 0 Å². The average molecular weight is 473 g/mol. The van der Waals surface area contributed by atoms with Crippen LogP contribution in [0.15, 0.2) is 54.6 Å². The molecule has 0 aromatic heterocycles. The monoisotopic (exact) mass is 472 g/mol. The maximum Gasteiger partial charge on any atom is 0.340 e. The number of nitrogens with zero attached hydrogens (tertiary/aromatic N) is 2. The van der Waals surface area contributed by atoms with E-state index in [4.69, 9.17) is 9.47 Å². The maximum atomic E-state index is 13.3. The molecule has 3 aromatic carbocycles. The Balaban J connectivity index is 2.05. The molecule has 184 valence electrons. The Morgan fingerprint density at radius 1 is 0.886 bits per heavy atom. The summed E-state index contributed by atoms with van der Waals surface area (Å²) in [4.78, 5) is 17.7. The average Bonchev–Trinajstić information content (AvgIpc) is 3.16. The zero-order chi connectivity index (χ0) is 25.3. The van der Waals surface area contributed by atoms with Crippen molar-refractivity contribution in [2.75, 3.05) is 43.6 Å². The molecule has 0 saturated carbocycles. The first-order chi connectivity index (χ1) is 16.8. The number of ether oxygens (including phenoxy) is 2. The highest BCUT2D eigenvalue weighted by atomic mass is 16.6. The standard InChI is InChI=1S/C30H36N2O3/c1-8-32(9-2)24-16-18-26(27(19-24)34-10-3)30(22-12-14-23(15-13-22)31(6)7)28-21(5)20(4)11-17-25(28)29(33)35-30/h11-19H,8-10H2,1-7H3. The third-order valence-electron chi connectivity index (χ3n) is 7.12. The minimum atomic E-state index is -1.10. The Kier molecular flexibility index (Phi) is 6.79. The Morgan fingerprint density at radius 3 is 2.14 bits per heavy atom. The summed E-state index contributed by atoms with van der Waals surface area (Å²) in [5.74, 6) is 0.421. The lowest BCUT2D eigenvalue weighted by Gasteiger charge is -2.34. The zero-order valence-electron chi connectivity index (χ0n) is 21.9. The van der Waals surface area contributed by atoms with E-state index in [1.54, 1.807) is 0 Å². The number of carbonyl (C=O) groups is 1. The first-order valence-corrected chi connectivity index (χ1v) is 12.4. The Hall–Kier alpha value is -3.47. The van der Waals surface area contributed by atoms with Gasteiger partial charge in [0.2, 0.25) is 0 Å². The summed E-state index contributed by atoms with van der Waals surface area (Å²) in [7, 11) is 4.03. The number of benzene rings is 3. The van der Waals surface area contributed by atoms with Crippen molar-refractivity contribution in [3.63, 3.8) is 0 Å². The van der Waals surface area contributed by atoms with Crippen molar-refractivity contribution in [1.82, 2.24) is 0 Å². The summed E-state index contributed by atoms with van der Waals surface area (Å²) in [6.07, 6.45) is 0. The number of cyclic esters (lactones) is 1. The molecule has 0 N–H and O–H groups in total. The molecule has 1 unspecified atom stereocenters. The number of hydrogen-bond acceptors (Lipinski definition) is 5. The molecule has 3 aromatic rings. The summed E-state index contributed by atoms with van der Waals surface area (Å²) >= 11 is 0. The highest BCUT2D eigenvalue weighted by Gasteiger charge is 2.51. The smallest absolute Gasteiger partial charge is 0.340 e. The van der Waals surface area contributed by atoms with Gasteiger partial charge in [-0.25, -0.2) is 4.79 Å². The Labute approximate surface area is 209 Å². The number of aryl methyl sites for hydroxylation is 1. The van der Waals surface area contributed by atoms with Crippen LogP contribution in [0.2, 0.25) is 0 Å². The van der Waals surface area contributed by atoms with Crippen molar-refractivity contribution >= 4 is 17.3 Å². The third-order valence-corrected chi connectivity index (χ3v) is 7.12. The third kappa shape index (κ3) is 4.03. The van der Waals surface area contributed by atoms with Crippen molar-refractivity contribution in [3.8, 4) is 5.75 Å². The van der Waals surface area contributed by atoms with Crippen LogP contribution >= 0.6 is 0 Å². The SMILES string of the molecule is CCOc1cc(N(CC)CC)ccc1C1(c2ccc(N(C)C)cc2)OC(=O)c2ccc(C)c(C)c21. The van der Waals surface area contributed by atoms with Crippen molar-refractivity contribution in [2.45, 2.75) is 40.2 Å². The molecule has 0 saturated heterocycles. The molecule has 0 radical (unpaired) electrons. The van der Waals surface area contributed by atoms with Gasteiger partial charge in [0.05, 0.1) is 12.2 Å². The van der Waals surface area contributed by atoms with Gasteiger partial charge in [-0.2, -0.15) is 0 Å². The van der Waals surface area contributed by atoms with Crippen LogP contribution in [0.3, 0.4) is 0 Å². The molecule has 0 amide bonds. The molecule has 0 bridgehead atoms. The lowest BCUT2D eigenvalue weighted by atomic mass is 9.76. The highest BCUT2D eigenvalue weighted by molar-refractivity contribution is 5.97. The zero-order valence-corrected chi connectivity index (χ0v) is 21.9. The Bertz CT molecular complexity index is 1230. The summed E-state index contributed by atoms with van der Waals surface area (Å²) in [6.45, 7) is 12.7. The first kappa shape index (κ1) is 24.6. The fourth-order valence-electron chi connectivity index (χ4n) is 5.09. The van der Waals surface area contributed by atoms with E-state index >= 15 is 0 Å². The Morgan fingerprint density at radius 2 is 1.54 bits per heavy atom.